The lowest BCUT2D eigenvalue weighted by Crippen LogP contribution is -1.88. The van der Waals surface area contributed by atoms with Gasteiger partial charge in [-0.3, -0.25) is 4.79 Å². The van der Waals surface area contributed by atoms with Crippen LogP contribution in [0.4, 0.5) is 0 Å². The summed E-state index contributed by atoms with van der Waals surface area (Å²) in [5, 5.41) is 9.09. The first-order chi connectivity index (χ1) is 5.16. The molecule has 0 fully saturated rings. The third kappa shape index (κ3) is 7.10. The zero-order chi connectivity index (χ0) is 8.69. The van der Waals surface area contributed by atoms with Gasteiger partial charge in [0, 0.05) is 12.5 Å². The number of aliphatic hydroxyl groups excluding tert-OH is 1. The number of rotatable bonds is 5. The van der Waals surface area contributed by atoms with Crippen LogP contribution in [0.3, 0.4) is 0 Å². The molecule has 1 N–H and O–H groups in total. The van der Waals surface area contributed by atoms with Crippen LogP contribution in [-0.2, 0) is 4.79 Å². The molecule has 0 aliphatic heterocycles. The number of ketones is 1. The summed E-state index contributed by atoms with van der Waals surface area (Å²) >= 11 is 0. The van der Waals surface area contributed by atoms with Gasteiger partial charge in [0.15, 0.2) is 5.78 Å². The van der Waals surface area contributed by atoms with Gasteiger partial charge >= 0.3 is 0 Å². The van der Waals surface area contributed by atoms with Crippen LogP contribution in [0.1, 0.15) is 39.5 Å². The molecule has 0 saturated heterocycles. The highest BCUT2D eigenvalue weighted by atomic mass is 16.3. The summed E-state index contributed by atoms with van der Waals surface area (Å²) in [4.78, 5) is 10.5. The van der Waals surface area contributed by atoms with Crippen molar-refractivity contribution in [3.63, 3.8) is 0 Å². The SMILES string of the molecule is CCCCC/C(O)=C/C(C)=O. The first-order valence-corrected chi connectivity index (χ1v) is 4.07. The van der Waals surface area contributed by atoms with Crippen LogP contribution >= 0.6 is 0 Å². The van der Waals surface area contributed by atoms with E-state index in [2.05, 4.69) is 6.92 Å². The molecule has 0 spiro atoms. The van der Waals surface area contributed by atoms with Gasteiger partial charge in [0.2, 0.25) is 0 Å². The van der Waals surface area contributed by atoms with Crippen LogP contribution in [0, 0.1) is 0 Å². The lowest BCUT2D eigenvalue weighted by Gasteiger charge is -1.96. The Morgan fingerprint density at radius 1 is 1.45 bits per heavy atom. The van der Waals surface area contributed by atoms with Gasteiger partial charge in [-0.05, 0) is 13.3 Å². The van der Waals surface area contributed by atoms with E-state index in [-0.39, 0.29) is 11.5 Å². The average Bonchev–Trinajstić information content (AvgIpc) is 1.86. The quantitative estimate of drug-likeness (QED) is 0.377. The Hall–Kier alpha value is -0.790. The van der Waals surface area contributed by atoms with Gasteiger partial charge in [-0.1, -0.05) is 19.8 Å². The van der Waals surface area contributed by atoms with E-state index in [1.54, 1.807) is 0 Å². The molecule has 0 radical (unpaired) electrons. The molecule has 0 rings (SSSR count). The van der Waals surface area contributed by atoms with E-state index in [4.69, 9.17) is 5.11 Å². The second-order valence-electron chi connectivity index (χ2n) is 2.70. The molecule has 64 valence electrons. The molecular formula is C9H16O2. The van der Waals surface area contributed by atoms with Gasteiger partial charge in [-0.25, -0.2) is 0 Å². The van der Waals surface area contributed by atoms with Crippen molar-refractivity contribution in [3.05, 3.63) is 11.8 Å². The summed E-state index contributed by atoms with van der Waals surface area (Å²) in [5.41, 5.74) is 0. The molecule has 0 aliphatic carbocycles. The highest BCUT2D eigenvalue weighted by Crippen LogP contribution is 2.05. The Kier molecular flexibility index (Phi) is 5.53. The van der Waals surface area contributed by atoms with Gasteiger partial charge in [-0.2, -0.15) is 0 Å². The predicted octanol–water partition coefficient (Wildman–Crippen LogP) is 2.60. The number of hydrogen-bond acceptors (Lipinski definition) is 2. The minimum absolute atomic E-state index is 0.0843. The third-order valence-corrected chi connectivity index (χ3v) is 1.41. The summed E-state index contributed by atoms with van der Waals surface area (Å²) in [6.07, 6.45) is 5.12. The van der Waals surface area contributed by atoms with Crippen molar-refractivity contribution in [1.82, 2.24) is 0 Å². The van der Waals surface area contributed by atoms with Gasteiger partial charge in [0.1, 0.15) is 0 Å². The largest absolute Gasteiger partial charge is 0.512 e. The topological polar surface area (TPSA) is 37.3 Å². The maximum absolute atomic E-state index is 10.5. The van der Waals surface area contributed by atoms with Gasteiger partial charge in [0.05, 0.1) is 5.76 Å². The molecular weight excluding hydrogens is 140 g/mol. The first-order valence-electron chi connectivity index (χ1n) is 4.07. The molecule has 0 atom stereocenters. The molecule has 0 bridgehead atoms. The van der Waals surface area contributed by atoms with E-state index in [1.807, 2.05) is 0 Å². The van der Waals surface area contributed by atoms with Crippen molar-refractivity contribution in [2.75, 3.05) is 0 Å². The number of carbonyl (C=O) groups excluding carboxylic acids is 1. The van der Waals surface area contributed by atoms with E-state index in [0.29, 0.717) is 6.42 Å². The second-order valence-corrected chi connectivity index (χ2v) is 2.70. The lowest BCUT2D eigenvalue weighted by atomic mass is 10.1. The number of hydrogen-bond donors (Lipinski definition) is 1. The smallest absolute Gasteiger partial charge is 0.155 e. The van der Waals surface area contributed by atoms with E-state index in [1.165, 1.54) is 13.0 Å². The minimum Gasteiger partial charge on any atom is -0.512 e. The van der Waals surface area contributed by atoms with Crippen LogP contribution in [0.2, 0.25) is 0 Å². The van der Waals surface area contributed by atoms with E-state index in [9.17, 15) is 4.79 Å². The van der Waals surface area contributed by atoms with Crippen molar-refractivity contribution in [1.29, 1.82) is 0 Å². The first kappa shape index (κ1) is 10.2. The highest BCUT2D eigenvalue weighted by molar-refractivity contribution is 5.87. The number of aliphatic hydroxyl groups is 1. The Morgan fingerprint density at radius 2 is 2.09 bits per heavy atom. The number of allylic oxidation sites excluding steroid dienone is 2. The number of carbonyl (C=O) groups is 1. The molecule has 0 amide bonds. The molecule has 0 aromatic carbocycles. The van der Waals surface area contributed by atoms with Crippen molar-refractivity contribution in [2.24, 2.45) is 0 Å². The summed E-state index contributed by atoms with van der Waals surface area (Å²) in [7, 11) is 0. The van der Waals surface area contributed by atoms with Crippen LogP contribution in [-0.4, -0.2) is 10.9 Å². The fourth-order valence-electron chi connectivity index (χ4n) is 0.863. The Morgan fingerprint density at radius 3 is 2.55 bits per heavy atom. The second kappa shape index (κ2) is 5.96. The average molecular weight is 156 g/mol. The van der Waals surface area contributed by atoms with Crippen LogP contribution < -0.4 is 0 Å². The Balaban J connectivity index is 3.51. The molecule has 0 unspecified atom stereocenters. The Labute approximate surface area is 67.9 Å². The standard InChI is InChI=1S/C9H16O2/c1-3-4-5-6-9(11)7-8(2)10/h7,11H,3-6H2,1-2H3/b9-7-. The predicted molar refractivity (Wildman–Crippen MR) is 45.5 cm³/mol. The minimum atomic E-state index is -0.0843. The van der Waals surface area contributed by atoms with Crippen molar-refractivity contribution < 1.29 is 9.90 Å². The van der Waals surface area contributed by atoms with E-state index >= 15 is 0 Å². The van der Waals surface area contributed by atoms with Crippen LogP contribution in [0.5, 0.6) is 0 Å². The zero-order valence-electron chi connectivity index (χ0n) is 7.26. The van der Waals surface area contributed by atoms with Gasteiger partial charge in [0.25, 0.3) is 0 Å². The van der Waals surface area contributed by atoms with Crippen molar-refractivity contribution in [3.8, 4) is 0 Å². The van der Waals surface area contributed by atoms with Crippen LogP contribution in [0.15, 0.2) is 11.8 Å². The van der Waals surface area contributed by atoms with Crippen LogP contribution in [0.25, 0.3) is 0 Å². The monoisotopic (exact) mass is 156 g/mol. The summed E-state index contributed by atoms with van der Waals surface area (Å²) in [6, 6.07) is 0. The molecule has 2 heteroatoms. The summed E-state index contributed by atoms with van der Waals surface area (Å²) in [5.74, 6) is 0.130. The molecule has 0 heterocycles. The Bertz CT molecular complexity index is 148. The third-order valence-electron chi connectivity index (χ3n) is 1.41. The molecule has 0 aromatic heterocycles. The maximum Gasteiger partial charge on any atom is 0.155 e. The molecule has 0 aromatic rings. The van der Waals surface area contributed by atoms with Gasteiger partial charge in [-0.15, -0.1) is 0 Å². The summed E-state index contributed by atoms with van der Waals surface area (Å²) < 4.78 is 0. The zero-order valence-corrected chi connectivity index (χ0v) is 7.26. The molecule has 2 nitrogen and oxygen atoms in total. The van der Waals surface area contributed by atoms with E-state index in [0.717, 1.165) is 19.3 Å². The van der Waals surface area contributed by atoms with Gasteiger partial charge < -0.3 is 5.11 Å². The number of unbranched alkanes of at least 4 members (excludes halogenated alkanes) is 2. The van der Waals surface area contributed by atoms with Crippen molar-refractivity contribution in [2.45, 2.75) is 39.5 Å². The van der Waals surface area contributed by atoms with Crippen molar-refractivity contribution >= 4 is 5.78 Å². The normalized spacial score (nSPS) is 11.6. The maximum atomic E-state index is 10.5. The lowest BCUT2D eigenvalue weighted by molar-refractivity contribution is -0.112. The fourth-order valence-corrected chi connectivity index (χ4v) is 0.863. The molecule has 11 heavy (non-hydrogen) atoms. The molecule has 0 saturated carbocycles. The fraction of sp³-hybridized carbons (Fsp3) is 0.667. The molecule has 0 aliphatic rings. The highest BCUT2D eigenvalue weighted by Gasteiger charge is 1.94. The van der Waals surface area contributed by atoms with E-state index < -0.39 is 0 Å². The summed E-state index contributed by atoms with van der Waals surface area (Å²) in [6.45, 7) is 3.54.